The van der Waals surface area contributed by atoms with Crippen LogP contribution in [0.15, 0.2) is 29.8 Å². The molecule has 13 heavy (non-hydrogen) atoms. The van der Waals surface area contributed by atoms with Crippen LogP contribution in [0.4, 0.5) is 0 Å². The number of rotatable bonds is 2. The predicted molar refractivity (Wildman–Crippen MR) is 53.5 cm³/mol. The van der Waals surface area contributed by atoms with Crippen LogP contribution < -0.4 is 0 Å². The Labute approximate surface area is 77.6 Å². The van der Waals surface area contributed by atoms with Crippen LogP contribution in [0.3, 0.4) is 0 Å². The summed E-state index contributed by atoms with van der Waals surface area (Å²) in [6.45, 7) is 8.68. The van der Waals surface area contributed by atoms with Gasteiger partial charge in [-0.05, 0) is 29.5 Å². The third-order valence-electron chi connectivity index (χ3n) is 2.25. The Balaban J connectivity index is 2.41. The fourth-order valence-corrected chi connectivity index (χ4v) is 1.44. The number of nitrogens with zero attached hydrogens (tertiary/aromatic N) is 1. The van der Waals surface area contributed by atoms with Gasteiger partial charge in [-0.3, -0.25) is 4.99 Å². The quantitative estimate of drug-likeness (QED) is 0.629. The van der Waals surface area contributed by atoms with Gasteiger partial charge in [-0.15, -0.1) is 0 Å². The van der Waals surface area contributed by atoms with Crippen LogP contribution in [0.1, 0.15) is 16.7 Å². The van der Waals surface area contributed by atoms with Crippen LogP contribution in [-0.4, -0.2) is 6.72 Å². The molecule has 0 aliphatic carbocycles. The standard InChI is InChI=1S/C11H11NO/c1-8(12-2)9-3-4-10-6-13-7-11(10)5-9/h3-5H,1-2,6-7H2. The Bertz CT molecular complexity index is 368. The second kappa shape index (κ2) is 3.15. The topological polar surface area (TPSA) is 21.6 Å². The predicted octanol–water partition coefficient (Wildman–Crippen LogP) is 2.39. The first-order valence-corrected chi connectivity index (χ1v) is 4.17. The molecule has 2 rings (SSSR count). The van der Waals surface area contributed by atoms with Crippen molar-refractivity contribution in [1.29, 1.82) is 0 Å². The van der Waals surface area contributed by atoms with Crippen molar-refractivity contribution in [2.24, 2.45) is 4.99 Å². The smallest absolute Gasteiger partial charge is 0.0725 e. The maximum Gasteiger partial charge on any atom is 0.0725 e. The molecule has 0 N–H and O–H groups in total. The molecule has 0 fully saturated rings. The number of fused-ring (bicyclic) bond motifs is 1. The summed E-state index contributed by atoms with van der Waals surface area (Å²) in [5.41, 5.74) is 4.25. The van der Waals surface area contributed by atoms with Crippen LogP contribution in [0, 0.1) is 0 Å². The van der Waals surface area contributed by atoms with Gasteiger partial charge in [0.2, 0.25) is 0 Å². The van der Waals surface area contributed by atoms with Gasteiger partial charge in [-0.25, -0.2) is 0 Å². The molecule has 1 aromatic rings. The lowest BCUT2D eigenvalue weighted by Crippen LogP contribution is -1.85. The molecule has 0 saturated carbocycles. The molecule has 0 bridgehead atoms. The highest BCUT2D eigenvalue weighted by molar-refractivity contribution is 5.66. The maximum absolute atomic E-state index is 5.31. The second-order valence-corrected chi connectivity index (χ2v) is 3.08. The number of ether oxygens (including phenoxy) is 1. The van der Waals surface area contributed by atoms with E-state index < -0.39 is 0 Å². The maximum atomic E-state index is 5.31. The first-order chi connectivity index (χ1) is 6.31. The van der Waals surface area contributed by atoms with E-state index in [0.29, 0.717) is 6.61 Å². The van der Waals surface area contributed by atoms with Crippen molar-refractivity contribution in [2.75, 3.05) is 0 Å². The zero-order valence-corrected chi connectivity index (χ0v) is 7.42. The molecule has 0 radical (unpaired) electrons. The molecule has 2 heteroatoms. The zero-order chi connectivity index (χ0) is 9.26. The lowest BCUT2D eigenvalue weighted by molar-refractivity contribution is 0.134. The molecular weight excluding hydrogens is 162 g/mol. The van der Waals surface area contributed by atoms with Gasteiger partial charge in [0.15, 0.2) is 0 Å². The van der Waals surface area contributed by atoms with Gasteiger partial charge in [0.05, 0.1) is 18.9 Å². The number of benzene rings is 1. The molecule has 1 heterocycles. The highest BCUT2D eigenvalue weighted by Crippen LogP contribution is 2.23. The molecule has 1 aliphatic rings. The normalized spacial score (nSPS) is 13.8. The van der Waals surface area contributed by atoms with Crippen molar-refractivity contribution >= 4 is 12.4 Å². The average molecular weight is 173 g/mol. The van der Waals surface area contributed by atoms with Gasteiger partial charge in [-0.1, -0.05) is 18.7 Å². The van der Waals surface area contributed by atoms with Crippen LogP contribution in [-0.2, 0) is 18.0 Å². The summed E-state index contributed by atoms with van der Waals surface area (Å²) in [6.07, 6.45) is 0. The molecule has 1 aliphatic heterocycles. The third kappa shape index (κ3) is 1.40. The molecule has 0 saturated heterocycles. The van der Waals surface area contributed by atoms with Gasteiger partial charge >= 0.3 is 0 Å². The molecule has 0 unspecified atom stereocenters. The SMILES string of the molecule is C=NC(=C)c1ccc2c(c1)COC2. The summed E-state index contributed by atoms with van der Waals surface area (Å²) >= 11 is 0. The summed E-state index contributed by atoms with van der Waals surface area (Å²) in [5, 5.41) is 0. The molecular formula is C11H11NO. The van der Waals surface area contributed by atoms with E-state index in [0.717, 1.165) is 17.9 Å². The minimum absolute atomic E-state index is 0.702. The molecule has 0 aromatic heterocycles. The van der Waals surface area contributed by atoms with Crippen molar-refractivity contribution < 1.29 is 4.74 Å². The minimum Gasteiger partial charge on any atom is -0.372 e. The highest BCUT2D eigenvalue weighted by atomic mass is 16.5. The Morgan fingerprint density at radius 3 is 2.85 bits per heavy atom. The Hall–Kier alpha value is -1.41. The average Bonchev–Trinajstić information content (AvgIpc) is 2.63. The van der Waals surface area contributed by atoms with E-state index >= 15 is 0 Å². The van der Waals surface area contributed by atoms with Gasteiger partial charge in [0.25, 0.3) is 0 Å². The van der Waals surface area contributed by atoms with E-state index in [1.165, 1.54) is 11.1 Å². The highest BCUT2D eigenvalue weighted by Gasteiger charge is 2.11. The summed E-state index contributed by atoms with van der Waals surface area (Å²) in [5.74, 6) is 0. The van der Waals surface area contributed by atoms with Gasteiger partial charge in [0.1, 0.15) is 0 Å². The fourth-order valence-electron chi connectivity index (χ4n) is 1.44. The minimum atomic E-state index is 0.702. The monoisotopic (exact) mass is 173 g/mol. The van der Waals surface area contributed by atoms with Gasteiger partial charge in [0, 0.05) is 0 Å². The van der Waals surface area contributed by atoms with Crippen molar-refractivity contribution in [3.8, 4) is 0 Å². The largest absolute Gasteiger partial charge is 0.372 e. The number of aliphatic imine (C=N–C) groups is 1. The van der Waals surface area contributed by atoms with Crippen molar-refractivity contribution in [2.45, 2.75) is 13.2 Å². The lowest BCUT2D eigenvalue weighted by atomic mass is 10.1. The van der Waals surface area contributed by atoms with E-state index in [4.69, 9.17) is 4.74 Å². The number of hydrogen-bond donors (Lipinski definition) is 0. The Morgan fingerprint density at radius 1 is 1.31 bits per heavy atom. The Kier molecular flexibility index (Phi) is 1.99. The molecule has 0 amide bonds. The first kappa shape index (κ1) is 8.20. The second-order valence-electron chi connectivity index (χ2n) is 3.08. The van der Waals surface area contributed by atoms with E-state index in [9.17, 15) is 0 Å². The summed E-state index contributed by atoms with van der Waals surface area (Å²) in [4.78, 5) is 3.80. The van der Waals surface area contributed by atoms with Crippen LogP contribution in [0.25, 0.3) is 5.70 Å². The first-order valence-electron chi connectivity index (χ1n) is 4.17. The van der Waals surface area contributed by atoms with Crippen molar-refractivity contribution in [1.82, 2.24) is 0 Å². The molecule has 1 aromatic carbocycles. The van der Waals surface area contributed by atoms with Crippen LogP contribution in [0.2, 0.25) is 0 Å². The van der Waals surface area contributed by atoms with E-state index in [-0.39, 0.29) is 0 Å². The Morgan fingerprint density at radius 2 is 2.08 bits per heavy atom. The molecule has 0 spiro atoms. The van der Waals surface area contributed by atoms with Crippen LogP contribution in [0.5, 0.6) is 0 Å². The zero-order valence-electron chi connectivity index (χ0n) is 7.42. The summed E-state index contributed by atoms with van der Waals surface area (Å²) < 4.78 is 5.31. The molecule has 2 nitrogen and oxygen atoms in total. The third-order valence-corrected chi connectivity index (χ3v) is 2.25. The lowest BCUT2D eigenvalue weighted by Gasteiger charge is -2.01. The van der Waals surface area contributed by atoms with Gasteiger partial charge < -0.3 is 4.74 Å². The summed E-state index contributed by atoms with van der Waals surface area (Å²) in [7, 11) is 0. The van der Waals surface area contributed by atoms with Crippen molar-refractivity contribution in [3.05, 3.63) is 41.5 Å². The van der Waals surface area contributed by atoms with E-state index in [1.54, 1.807) is 0 Å². The molecule has 0 atom stereocenters. The van der Waals surface area contributed by atoms with E-state index in [2.05, 4.69) is 30.4 Å². The fraction of sp³-hybridized carbons (Fsp3) is 0.182. The molecule has 66 valence electrons. The number of hydrogen-bond acceptors (Lipinski definition) is 2. The van der Waals surface area contributed by atoms with Crippen molar-refractivity contribution in [3.63, 3.8) is 0 Å². The van der Waals surface area contributed by atoms with Gasteiger partial charge in [-0.2, -0.15) is 0 Å². The van der Waals surface area contributed by atoms with Crippen LogP contribution >= 0.6 is 0 Å². The summed E-state index contributed by atoms with van der Waals surface area (Å²) in [6, 6.07) is 6.14. The van der Waals surface area contributed by atoms with E-state index in [1.807, 2.05) is 6.07 Å².